The van der Waals surface area contributed by atoms with Crippen molar-refractivity contribution < 1.29 is 18.4 Å². The molecule has 28 heavy (non-hydrogen) atoms. The van der Waals surface area contributed by atoms with E-state index in [1.807, 2.05) is 18.0 Å². The quantitative estimate of drug-likeness (QED) is 0.764. The maximum atomic E-state index is 13.7. The van der Waals surface area contributed by atoms with Crippen molar-refractivity contribution in [3.8, 4) is 0 Å². The van der Waals surface area contributed by atoms with Crippen LogP contribution in [0.15, 0.2) is 54.2 Å². The van der Waals surface area contributed by atoms with Gasteiger partial charge in [0.05, 0.1) is 11.3 Å². The van der Waals surface area contributed by atoms with E-state index in [0.29, 0.717) is 29.9 Å². The number of rotatable bonds is 3. The molecule has 0 aliphatic carbocycles. The van der Waals surface area contributed by atoms with Gasteiger partial charge in [0.2, 0.25) is 0 Å². The predicted molar refractivity (Wildman–Crippen MR) is 101 cm³/mol. The zero-order valence-corrected chi connectivity index (χ0v) is 15.4. The van der Waals surface area contributed by atoms with Crippen LogP contribution >= 0.6 is 0 Å². The molecule has 0 bridgehead atoms. The first-order valence-corrected chi connectivity index (χ1v) is 9.04. The van der Waals surface area contributed by atoms with E-state index >= 15 is 0 Å². The Hall–Kier alpha value is -3.06. The van der Waals surface area contributed by atoms with Crippen LogP contribution in [0.3, 0.4) is 0 Å². The van der Waals surface area contributed by atoms with Crippen molar-refractivity contribution in [1.82, 2.24) is 9.80 Å². The molecule has 0 unspecified atom stereocenters. The zero-order valence-electron chi connectivity index (χ0n) is 15.4. The van der Waals surface area contributed by atoms with E-state index in [-0.39, 0.29) is 5.69 Å². The Morgan fingerprint density at radius 1 is 0.821 bits per heavy atom. The zero-order chi connectivity index (χ0) is 19.8. The third-order valence-corrected chi connectivity index (χ3v) is 5.10. The summed E-state index contributed by atoms with van der Waals surface area (Å²) in [6, 6.07) is 12.0. The molecule has 0 radical (unpaired) electrons. The summed E-state index contributed by atoms with van der Waals surface area (Å²) in [6.45, 7) is 2.73. The molecule has 0 aromatic heterocycles. The van der Waals surface area contributed by atoms with Crippen LogP contribution in [0.2, 0.25) is 0 Å². The second kappa shape index (κ2) is 7.16. The number of amides is 2. The largest absolute Gasteiger partial charge is 0.364 e. The Kier molecular flexibility index (Phi) is 4.68. The van der Waals surface area contributed by atoms with Crippen molar-refractivity contribution in [3.63, 3.8) is 0 Å². The lowest BCUT2D eigenvalue weighted by molar-refractivity contribution is -0.120. The van der Waals surface area contributed by atoms with Gasteiger partial charge in [-0.3, -0.25) is 9.59 Å². The highest BCUT2D eigenvalue weighted by Crippen LogP contribution is 2.35. The molecule has 2 aliphatic rings. The lowest BCUT2D eigenvalue weighted by atomic mass is 10.0. The van der Waals surface area contributed by atoms with Crippen LogP contribution in [-0.4, -0.2) is 54.8 Å². The summed E-state index contributed by atoms with van der Waals surface area (Å²) in [7, 11) is 2.00. The number of anilines is 1. The minimum Gasteiger partial charge on any atom is -0.364 e. The summed E-state index contributed by atoms with van der Waals surface area (Å²) in [5, 5.41) is 0. The summed E-state index contributed by atoms with van der Waals surface area (Å²) in [5.74, 6) is -3.18. The molecule has 5 nitrogen and oxygen atoms in total. The Morgan fingerprint density at radius 3 is 2.14 bits per heavy atom. The van der Waals surface area contributed by atoms with Crippen molar-refractivity contribution in [3.05, 3.63) is 71.4 Å². The molecule has 0 saturated carbocycles. The van der Waals surface area contributed by atoms with Gasteiger partial charge < -0.3 is 9.80 Å². The van der Waals surface area contributed by atoms with E-state index in [0.717, 1.165) is 30.1 Å². The van der Waals surface area contributed by atoms with Crippen molar-refractivity contribution in [2.24, 2.45) is 0 Å². The lowest BCUT2D eigenvalue weighted by Crippen LogP contribution is -2.46. The van der Waals surface area contributed by atoms with Gasteiger partial charge in [0.1, 0.15) is 5.70 Å². The highest BCUT2D eigenvalue weighted by atomic mass is 19.2. The molecular formula is C21H19F2N3O2. The minimum atomic E-state index is -1.10. The number of likely N-dealkylation sites (N-methyl/N-ethyl adjacent to an activating group) is 1. The van der Waals surface area contributed by atoms with Crippen molar-refractivity contribution in [2.75, 3.05) is 38.1 Å². The minimum absolute atomic E-state index is 0.0199. The third-order valence-electron chi connectivity index (χ3n) is 5.10. The SMILES string of the molecule is CN1CCN(C2=C(c3ccccc3)C(=O)N(c3ccc(F)c(F)c3)C2=O)CC1. The molecule has 144 valence electrons. The van der Waals surface area contributed by atoms with Crippen molar-refractivity contribution in [1.29, 1.82) is 0 Å². The van der Waals surface area contributed by atoms with Crippen LogP contribution in [0.4, 0.5) is 14.5 Å². The van der Waals surface area contributed by atoms with Crippen LogP contribution in [-0.2, 0) is 9.59 Å². The molecule has 1 fully saturated rings. The highest BCUT2D eigenvalue weighted by molar-refractivity contribution is 6.45. The molecule has 1 saturated heterocycles. The molecule has 2 aromatic rings. The molecule has 2 aliphatic heterocycles. The van der Waals surface area contributed by atoms with E-state index in [1.165, 1.54) is 6.07 Å². The monoisotopic (exact) mass is 383 g/mol. The number of carbonyl (C=O) groups excluding carboxylic acids is 2. The summed E-state index contributed by atoms with van der Waals surface area (Å²) in [5.41, 5.74) is 1.25. The van der Waals surface area contributed by atoms with Crippen LogP contribution in [0.5, 0.6) is 0 Å². The number of benzene rings is 2. The fourth-order valence-electron chi connectivity index (χ4n) is 3.57. The molecular weight excluding hydrogens is 364 g/mol. The molecule has 2 heterocycles. The maximum absolute atomic E-state index is 13.7. The first-order chi connectivity index (χ1) is 13.5. The van der Waals surface area contributed by atoms with E-state index in [9.17, 15) is 18.4 Å². The Balaban J connectivity index is 1.80. The van der Waals surface area contributed by atoms with Gasteiger partial charge in [-0.1, -0.05) is 30.3 Å². The average Bonchev–Trinajstić information content (AvgIpc) is 2.96. The molecule has 0 spiro atoms. The molecule has 2 amide bonds. The number of halogens is 2. The van der Waals surface area contributed by atoms with E-state index in [4.69, 9.17) is 0 Å². The Morgan fingerprint density at radius 2 is 1.50 bits per heavy atom. The second-order valence-electron chi connectivity index (χ2n) is 6.92. The van der Waals surface area contributed by atoms with E-state index < -0.39 is 23.4 Å². The van der Waals surface area contributed by atoms with Gasteiger partial charge in [0.25, 0.3) is 11.8 Å². The standard InChI is InChI=1S/C21H19F2N3O2/c1-24-9-11-25(12-10-24)19-18(14-5-3-2-4-6-14)20(27)26(21(19)28)15-7-8-16(22)17(23)13-15/h2-8,13H,9-12H2,1H3. The highest BCUT2D eigenvalue weighted by Gasteiger charge is 2.43. The predicted octanol–water partition coefficient (Wildman–Crippen LogP) is 2.50. The molecule has 4 rings (SSSR count). The van der Waals surface area contributed by atoms with E-state index in [2.05, 4.69) is 4.90 Å². The number of hydrogen-bond acceptors (Lipinski definition) is 4. The maximum Gasteiger partial charge on any atom is 0.282 e. The summed E-state index contributed by atoms with van der Waals surface area (Å²) in [6.07, 6.45) is 0. The molecule has 0 atom stereocenters. The van der Waals surface area contributed by atoms with Crippen molar-refractivity contribution >= 4 is 23.1 Å². The van der Waals surface area contributed by atoms with Gasteiger partial charge in [-0.15, -0.1) is 0 Å². The number of carbonyl (C=O) groups is 2. The summed E-state index contributed by atoms with van der Waals surface area (Å²) in [4.78, 5) is 31.5. The molecule has 2 aromatic carbocycles. The van der Waals surface area contributed by atoms with Gasteiger partial charge in [-0.2, -0.15) is 0 Å². The van der Waals surface area contributed by atoms with Crippen molar-refractivity contribution in [2.45, 2.75) is 0 Å². The van der Waals surface area contributed by atoms with Gasteiger partial charge in [-0.05, 0) is 24.7 Å². The van der Waals surface area contributed by atoms with Gasteiger partial charge in [0, 0.05) is 32.2 Å². The van der Waals surface area contributed by atoms with Crippen LogP contribution in [0.25, 0.3) is 5.57 Å². The fraction of sp³-hybridized carbons (Fsp3) is 0.238. The molecule has 7 heteroatoms. The fourth-order valence-corrected chi connectivity index (χ4v) is 3.57. The number of nitrogens with zero attached hydrogens (tertiary/aromatic N) is 3. The van der Waals surface area contributed by atoms with Crippen LogP contribution in [0, 0.1) is 11.6 Å². The Labute approximate surface area is 161 Å². The van der Waals surface area contributed by atoms with Crippen LogP contribution in [0.1, 0.15) is 5.56 Å². The van der Waals surface area contributed by atoms with Gasteiger partial charge in [0.15, 0.2) is 11.6 Å². The third kappa shape index (κ3) is 3.07. The smallest absolute Gasteiger partial charge is 0.282 e. The lowest BCUT2D eigenvalue weighted by Gasteiger charge is -2.34. The van der Waals surface area contributed by atoms with Gasteiger partial charge >= 0.3 is 0 Å². The van der Waals surface area contributed by atoms with Gasteiger partial charge in [-0.25, -0.2) is 13.7 Å². The number of piperazine rings is 1. The van der Waals surface area contributed by atoms with Crippen LogP contribution < -0.4 is 4.90 Å². The Bertz CT molecular complexity index is 967. The summed E-state index contributed by atoms with van der Waals surface area (Å²) < 4.78 is 27.1. The first-order valence-electron chi connectivity index (χ1n) is 9.04. The molecule has 0 N–H and O–H groups in total. The topological polar surface area (TPSA) is 43.9 Å². The second-order valence-corrected chi connectivity index (χ2v) is 6.92. The first kappa shape index (κ1) is 18.3. The summed E-state index contributed by atoms with van der Waals surface area (Å²) >= 11 is 0. The van der Waals surface area contributed by atoms with E-state index in [1.54, 1.807) is 24.3 Å². The number of imide groups is 1. The average molecular weight is 383 g/mol. The normalized spacial score (nSPS) is 18.4. The number of hydrogen-bond donors (Lipinski definition) is 0.